The van der Waals surface area contributed by atoms with Gasteiger partial charge in [-0.2, -0.15) is 4.39 Å². The summed E-state index contributed by atoms with van der Waals surface area (Å²) in [7, 11) is 0. The van der Waals surface area contributed by atoms with Crippen molar-refractivity contribution in [2.24, 2.45) is 5.73 Å². The van der Waals surface area contributed by atoms with Gasteiger partial charge >= 0.3 is 0 Å². The molecule has 1 aliphatic rings. The van der Waals surface area contributed by atoms with E-state index in [9.17, 15) is 0 Å². The molecule has 172 valence electrons. The molecule has 0 bridgehead atoms. The highest BCUT2D eigenvalue weighted by molar-refractivity contribution is 5.53. The van der Waals surface area contributed by atoms with Crippen LogP contribution in [0.4, 0.5) is 16.0 Å². The molecular weight excluding hydrogens is 417 g/mol. The standard InChI is InChI=1S/C26H30FN5O/c1-3-33-23-12-8-21(9-13-23)16-32(22-10-11-22)26-24(27)25(30-17-31-26)29-15-20-6-4-19(5-7-20)14-18(2)28/h4-9,12-13,17,22H,2-3,10-11,14-16,28H2,1H3,(H,29,30,31). The predicted molar refractivity (Wildman–Crippen MR) is 130 cm³/mol. The van der Waals surface area contributed by atoms with Crippen molar-refractivity contribution in [1.29, 1.82) is 0 Å². The zero-order valence-electron chi connectivity index (χ0n) is 18.9. The number of hydrogen-bond donors (Lipinski definition) is 2. The first-order valence-corrected chi connectivity index (χ1v) is 11.3. The highest BCUT2D eigenvalue weighted by atomic mass is 19.1. The lowest BCUT2D eigenvalue weighted by Crippen LogP contribution is -2.27. The van der Waals surface area contributed by atoms with E-state index in [-0.39, 0.29) is 5.82 Å². The smallest absolute Gasteiger partial charge is 0.207 e. The molecule has 4 rings (SSSR count). The lowest BCUT2D eigenvalue weighted by atomic mass is 10.1. The summed E-state index contributed by atoms with van der Waals surface area (Å²) in [5.41, 5.74) is 9.50. The maximum absolute atomic E-state index is 15.4. The summed E-state index contributed by atoms with van der Waals surface area (Å²) < 4.78 is 20.9. The third-order valence-corrected chi connectivity index (χ3v) is 5.53. The van der Waals surface area contributed by atoms with Crippen molar-refractivity contribution >= 4 is 11.6 Å². The Kier molecular flexibility index (Phi) is 7.07. The molecule has 1 aliphatic carbocycles. The Morgan fingerprint density at radius 1 is 1.09 bits per heavy atom. The Balaban J connectivity index is 1.46. The van der Waals surface area contributed by atoms with Crippen LogP contribution in [0.5, 0.6) is 5.75 Å². The van der Waals surface area contributed by atoms with Crippen LogP contribution < -0.4 is 20.7 Å². The molecule has 6 nitrogen and oxygen atoms in total. The van der Waals surface area contributed by atoms with Gasteiger partial charge in [-0.3, -0.25) is 0 Å². The third-order valence-electron chi connectivity index (χ3n) is 5.53. The molecule has 1 aromatic heterocycles. The van der Waals surface area contributed by atoms with Crippen LogP contribution >= 0.6 is 0 Å². The van der Waals surface area contributed by atoms with Crippen molar-refractivity contribution in [3.8, 4) is 5.75 Å². The first-order chi connectivity index (χ1) is 16.0. The number of hydrogen-bond acceptors (Lipinski definition) is 6. The SMILES string of the molecule is C=C(N)Cc1ccc(CNc2ncnc(N(Cc3ccc(OCC)cc3)C3CC3)c2F)cc1. The number of ether oxygens (including phenoxy) is 1. The second-order valence-corrected chi connectivity index (χ2v) is 8.30. The molecule has 0 radical (unpaired) electrons. The van der Waals surface area contributed by atoms with E-state index in [0.717, 1.165) is 35.3 Å². The Morgan fingerprint density at radius 3 is 2.39 bits per heavy atom. The van der Waals surface area contributed by atoms with E-state index in [2.05, 4.69) is 21.9 Å². The molecule has 33 heavy (non-hydrogen) atoms. The van der Waals surface area contributed by atoms with Crippen molar-refractivity contribution in [3.63, 3.8) is 0 Å². The summed E-state index contributed by atoms with van der Waals surface area (Å²) in [5, 5.41) is 3.12. The zero-order valence-corrected chi connectivity index (χ0v) is 18.9. The zero-order chi connectivity index (χ0) is 23.2. The van der Waals surface area contributed by atoms with Gasteiger partial charge in [-0.25, -0.2) is 9.97 Å². The molecule has 0 saturated heterocycles. The molecule has 3 aromatic rings. The average molecular weight is 448 g/mol. The fraction of sp³-hybridized carbons (Fsp3) is 0.308. The van der Waals surface area contributed by atoms with Gasteiger partial charge in [0.15, 0.2) is 11.6 Å². The molecule has 0 spiro atoms. The van der Waals surface area contributed by atoms with E-state index in [0.29, 0.717) is 43.7 Å². The van der Waals surface area contributed by atoms with E-state index in [1.54, 1.807) is 0 Å². The molecule has 1 fully saturated rings. The monoisotopic (exact) mass is 447 g/mol. The quantitative estimate of drug-likeness (QED) is 0.439. The van der Waals surface area contributed by atoms with Crippen LogP contribution in [-0.2, 0) is 19.5 Å². The van der Waals surface area contributed by atoms with Crippen LogP contribution in [0, 0.1) is 5.82 Å². The molecule has 0 aliphatic heterocycles. The molecule has 3 N–H and O–H groups in total. The fourth-order valence-electron chi connectivity index (χ4n) is 3.72. The van der Waals surface area contributed by atoms with Gasteiger partial charge in [-0.1, -0.05) is 43.0 Å². The fourth-order valence-corrected chi connectivity index (χ4v) is 3.72. The molecule has 0 atom stereocenters. The number of nitrogens with one attached hydrogen (secondary N) is 1. The number of rotatable bonds is 11. The molecular formula is C26H30FN5O. The van der Waals surface area contributed by atoms with Crippen LogP contribution in [0.25, 0.3) is 0 Å². The molecule has 1 heterocycles. The largest absolute Gasteiger partial charge is 0.494 e. The molecule has 0 unspecified atom stereocenters. The van der Waals surface area contributed by atoms with Gasteiger partial charge in [0.25, 0.3) is 0 Å². The highest BCUT2D eigenvalue weighted by Gasteiger charge is 2.32. The number of benzene rings is 2. The van der Waals surface area contributed by atoms with Crippen molar-refractivity contribution in [1.82, 2.24) is 9.97 Å². The summed E-state index contributed by atoms with van der Waals surface area (Å²) in [6, 6.07) is 16.2. The summed E-state index contributed by atoms with van der Waals surface area (Å²) >= 11 is 0. The molecule has 1 saturated carbocycles. The van der Waals surface area contributed by atoms with Gasteiger partial charge in [0, 0.05) is 31.2 Å². The van der Waals surface area contributed by atoms with Crippen molar-refractivity contribution < 1.29 is 9.13 Å². The maximum Gasteiger partial charge on any atom is 0.207 e. The van der Waals surface area contributed by atoms with Gasteiger partial charge in [0.05, 0.1) is 6.61 Å². The Labute approximate surface area is 194 Å². The summed E-state index contributed by atoms with van der Waals surface area (Å²) in [6.07, 6.45) is 4.13. The lowest BCUT2D eigenvalue weighted by molar-refractivity contribution is 0.340. The number of halogens is 1. The van der Waals surface area contributed by atoms with Crippen LogP contribution in [0.3, 0.4) is 0 Å². The maximum atomic E-state index is 15.4. The minimum absolute atomic E-state index is 0.205. The van der Waals surface area contributed by atoms with Gasteiger partial charge in [0.1, 0.15) is 12.1 Å². The molecule has 7 heteroatoms. The van der Waals surface area contributed by atoms with Crippen LogP contribution in [0.1, 0.15) is 36.5 Å². The minimum Gasteiger partial charge on any atom is -0.494 e. The minimum atomic E-state index is -0.425. The van der Waals surface area contributed by atoms with E-state index < -0.39 is 5.82 Å². The topological polar surface area (TPSA) is 76.3 Å². The first kappa shape index (κ1) is 22.6. The average Bonchev–Trinajstić information content (AvgIpc) is 3.64. The van der Waals surface area contributed by atoms with E-state index in [1.165, 1.54) is 6.33 Å². The first-order valence-electron chi connectivity index (χ1n) is 11.3. The normalized spacial score (nSPS) is 12.9. The van der Waals surface area contributed by atoms with Crippen LogP contribution in [-0.4, -0.2) is 22.6 Å². The highest BCUT2D eigenvalue weighted by Crippen LogP contribution is 2.34. The lowest BCUT2D eigenvalue weighted by Gasteiger charge is -2.24. The molecule has 2 aromatic carbocycles. The van der Waals surface area contributed by atoms with Crippen molar-refractivity contribution in [2.75, 3.05) is 16.8 Å². The number of aromatic nitrogens is 2. The Hall–Kier alpha value is -3.61. The Morgan fingerprint density at radius 2 is 1.76 bits per heavy atom. The molecule has 0 amide bonds. The van der Waals surface area contributed by atoms with E-state index >= 15 is 4.39 Å². The van der Waals surface area contributed by atoms with E-state index in [1.807, 2.05) is 60.4 Å². The van der Waals surface area contributed by atoms with E-state index in [4.69, 9.17) is 10.5 Å². The van der Waals surface area contributed by atoms with Crippen LogP contribution in [0.15, 0.2) is 67.1 Å². The van der Waals surface area contributed by atoms with Gasteiger partial charge in [0.2, 0.25) is 5.82 Å². The summed E-state index contributed by atoms with van der Waals surface area (Å²) in [6.45, 7) is 7.36. The number of allylic oxidation sites excluding steroid dienone is 1. The predicted octanol–water partition coefficient (Wildman–Crippen LogP) is 4.81. The second kappa shape index (κ2) is 10.3. The summed E-state index contributed by atoms with van der Waals surface area (Å²) in [4.78, 5) is 10.5. The van der Waals surface area contributed by atoms with Crippen molar-refractivity contribution in [2.45, 2.75) is 45.3 Å². The number of anilines is 2. The summed E-state index contributed by atoms with van der Waals surface area (Å²) in [5.74, 6) is 0.948. The number of nitrogens with two attached hydrogens (primary N) is 1. The van der Waals surface area contributed by atoms with Gasteiger partial charge in [-0.05, 0) is 48.6 Å². The Bertz CT molecular complexity index is 1080. The van der Waals surface area contributed by atoms with Crippen LogP contribution in [0.2, 0.25) is 0 Å². The van der Waals surface area contributed by atoms with Crippen molar-refractivity contribution in [3.05, 3.63) is 89.6 Å². The third kappa shape index (κ3) is 6.00. The van der Waals surface area contributed by atoms with Gasteiger partial charge in [-0.15, -0.1) is 0 Å². The second-order valence-electron chi connectivity index (χ2n) is 8.30. The van der Waals surface area contributed by atoms with Gasteiger partial charge < -0.3 is 20.7 Å². The number of nitrogens with zero attached hydrogens (tertiary/aromatic N) is 3.